The van der Waals surface area contributed by atoms with Crippen molar-refractivity contribution in [1.82, 2.24) is 48.1 Å². The number of benzene rings is 2. The Morgan fingerprint density at radius 2 is 1.69 bits per heavy atom. The third-order valence-electron chi connectivity index (χ3n) is 14.0. The van der Waals surface area contributed by atoms with Crippen LogP contribution in [-0.2, 0) is 16.6 Å². The summed E-state index contributed by atoms with van der Waals surface area (Å²) in [4.78, 5) is 47.0. The molecule has 8 aromatic rings. The number of fused-ring (bicyclic) bond motifs is 3. The summed E-state index contributed by atoms with van der Waals surface area (Å²) < 4.78 is 50.3. The third-order valence-corrected chi connectivity index (χ3v) is 14.0. The summed E-state index contributed by atoms with van der Waals surface area (Å²) in [7, 11) is 0. The molecule has 12 rings (SSSR count). The fraction of sp³-hybridized carbons (Fsp3) is 0.362. The molecule has 0 bridgehead atoms. The van der Waals surface area contributed by atoms with Gasteiger partial charge in [0.2, 0.25) is 0 Å². The maximum atomic E-state index is 16.4. The molecule has 17 heteroatoms. The number of amides is 1. The molecule has 6 aromatic heterocycles. The van der Waals surface area contributed by atoms with Gasteiger partial charge in [0, 0.05) is 61.5 Å². The summed E-state index contributed by atoms with van der Waals surface area (Å²) in [5.74, 6) is -0.744. The summed E-state index contributed by atoms with van der Waals surface area (Å²) in [5.41, 5.74) is 5.29. The monoisotopic (exact) mass is 866 g/mol. The fourth-order valence-electron chi connectivity index (χ4n) is 10.4. The predicted molar refractivity (Wildman–Crippen MR) is 230 cm³/mol. The molecule has 0 unspecified atom stereocenters. The van der Waals surface area contributed by atoms with Crippen LogP contribution < -0.4 is 11.4 Å². The Hall–Kier alpha value is -6.88. The zero-order valence-electron chi connectivity index (χ0n) is 35.5. The van der Waals surface area contributed by atoms with Crippen LogP contribution in [0.2, 0.25) is 0 Å². The molecule has 2 aliphatic heterocycles. The van der Waals surface area contributed by atoms with Gasteiger partial charge in [-0.25, -0.2) is 23.1 Å². The number of H-pyrrole nitrogens is 1. The molecule has 2 aromatic carbocycles. The highest BCUT2D eigenvalue weighted by molar-refractivity contribution is 5.98. The summed E-state index contributed by atoms with van der Waals surface area (Å²) in [5, 5.41) is 14.0. The lowest BCUT2D eigenvalue weighted by Crippen LogP contribution is -2.40. The van der Waals surface area contributed by atoms with Crippen molar-refractivity contribution >= 4 is 22.3 Å². The van der Waals surface area contributed by atoms with Crippen LogP contribution in [0.1, 0.15) is 113 Å². The molecule has 3 fully saturated rings. The van der Waals surface area contributed by atoms with Crippen LogP contribution in [0.3, 0.4) is 0 Å². The van der Waals surface area contributed by atoms with Crippen molar-refractivity contribution < 1.29 is 22.8 Å². The van der Waals surface area contributed by atoms with Crippen molar-refractivity contribution in [2.45, 2.75) is 89.1 Å². The van der Waals surface area contributed by atoms with Gasteiger partial charge in [-0.05, 0) is 124 Å². The number of halogens is 2. The second-order valence-electron chi connectivity index (χ2n) is 18.0. The van der Waals surface area contributed by atoms with Crippen molar-refractivity contribution in [3.8, 4) is 17.2 Å². The number of nitrogens with zero attached hydrogens (tertiary/aromatic N) is 9. The molecule has 326 valence electrons. The molecule has 1 N–H and O–H groups in total. The molecule has 2 saturated carbocycles. The first-order valence-corrected chi connectivity index (χ1v) is 22.0. The van der Waals surface area contributed by atoms with Gasteiger partial charge >= 0.3 is 11.4 Å². The van der Waals surface area contributed by atoms with E-state index in [1.165, 1.54) is 27.1 Å². The average Bonchev–Trinajstić information content (AvgIpc) is 4.00. The quantitative estimate of drug-likeness (QED) is 0.170. The third kappa shape index (κ3) is 5.78. The Kier molecular flexibility index (Phi) is 8.52. The van der Waals surface area contributed by atoms with E-state index in [0.717, 1.165) is 36.9 Å². The van der Waals surface area contributed by atoms with Crippen LogP contribution in [0.25, 0.3) is 33.6 Å². The van der Waals surface area contributed by atoms with Crippen LogP contribution >= 0.6 is 0 Å². The number of aryl methyl sites for hydroxylation is 2. The van der Waals surface area contributed by atoms with Crippen molar-refractivity contribution in [2.24, 2.45) is 0 Å². The number of aromatic amines is 1. The minimum atomic E-state index is -0.757. The van der Waals surface area contributed by atoms with Gasteiger partial charge < -0.3 is 14.0 Å². The molecule has 0 spiro atoms. The van der Waals surface area contributed by atoms with E-state index in [1.54, 1.807) is 53.9 Å². The van der Waals surface area contributed by atoms with E-state index in [0.29, 0.717) is 101 Å². The number of imidazole rings is 1. The standard InChI is InChI=1S/C47H44F2N10O5/c1-25-20-32(21-26(2)39(25)48)59-42(57-17-16-56(46(57)62)37-7-6-36-34(40(37)49)24-50-58(36)30-4-5-30)38-27(3)54(15-9-35(38)52-59)43(60)33-23-31-22-29(28-10-18-63-19-11-28)8-14-55(31)41(33)47(12-13-47)44-51-45(61)64-53-44/h6-8,14,16-17,20-24,27-28,30H,4-5,9-13,15,18-19H2,1-3H3,(H,51,53,61)/t27-/m0/s1. The van der Waals surface area contributed by atoms with E-state index in [4.69, 9.17) is 14.4 Å². The van der Waals surface area contributed by atoms with Crippen LogP contribution in [0, 0.1) is 25.5 Å². The number of pyridine rings is 1. The van der Waals surface area contributed by atoms with Gasteiger partial charge in [0.15, 0.2) is 11.6 Å². The summed E-state index contributed by atoms with van der Waals surface area (Å²) >= 11 is 0. The zero-order chi connectivity index (χ0) is 43.8. The second kappa shape index (κ2) is 14.1. The first-order chi connectivity index (χ1) is 31.0. The first-order valence-electron chi connectivity index (χ1n) is 22.0. The molecule has 15 nitrogen and oxygen atoms in total. The fourth-order valence-corrected chi connectivity index (χ4v) is 10.4. The first kappa shape index (κ1) is 38.8. The summed E-state index contributed by atoms with van der Waals surface area (Å²) in [6, 6.07) is 12.6. The molecule has 8 heterocycles. The lowest BCUT2D eigenvalue weighted by atomic mass is 9.92. The number of rotatable bonds is 8. The zero-order valence-corrected chi connectivity index (χ0v) is 35.5. The van der Waals surface area contributed by atoms with E-state index < -0.39 is 28.7 Å². The van der Waals surface area contributed by atoms with E-state index in [-0.39, 0.29) is 23.5 Å². The number of hydrogen-bond donors (Lipinski definition) is 1. The van der Waals surface area contributed by atoms with Gasteiger partial charge in [-0.15, -0.1) is 0 Å². The molecule has 4 aliphatic rings. The molecule has 2 aliphatic carbocycles. The number of aromatic nitrogens is 9. The molecule has 1 atom stereocenters. The van der Waals surface area contributed by atoms with Crippen LogP contribution in [0.4, 0.5) is 8.78 Å². The van der Waals surface area contributed by atoms with Gasteiger partial charge in [0.05, 0.1) is 57.2 Å². The van der Waals surface area contributed by atoms with Gasteiger partial charge in [-0.3, -0.25) is 28.1 Å². The van der Waals surface area contributed by atoms with Crippen molar-refractivity contribution in [1.29, 1.82) is 0 Å². The van der Waals surface area contributed by atoms with Crippen LogP contribution in [-0.4, -0.2) is 73.8 Å². The largest absolute Gasteiger partial charge is 0.438 e. The predicted octanol–water partition coefficient (Wildman–Crippen LogP) is 7.06. The smallest absolute Gasteiger partial charge is 0.381 e. The van der Waals surface area contributed by atoms with Gasteiger partial charge in [-0.1, -0.05) is 5.16 Å². The number of hydrogen-bond acceptors (Lipinski definition) is 8. The lowest BCUT2D eigenvalue weighted by molar-refractivity contribution is 0.0675. The normalized spacial score (nSPS) is 18.6. The maximum absolute atomic E-state index is 16.4. The molecular formula is C47H44F2N10O5. The van der Waals surface area contributed by atoms with Crippen molar-refractivity contribution in [2.75, 3.05) is 19.8 Å². The van der Waals surface area contributed by atoms with Crippen molar-refractivity contribution in [3.05, 3.63) is 145 Å². The lowest BCUT2D eigenvalue weighted by Gasteiger charge is -2.34. The Bertz CT molecular complexity index is 3330. The van der Waals surface area contributed by atoms with E-state index in [2.05, 4.69) is 27.4 Å². The molecule has 1 amide bonds. The van der Waals surface area contributed by atoms with Gasteiger partial charge in [-0.2, -0.15) is 10.2 Å². The molecule has 1 saturated heterocycles. The topological polar surface area (TPSA) is 155 Å². The molecular weight excluding hydrogens is 823 g/mol. The summed E-state index contributed by atoms with van der Waals surface area (Å²) in [6.07, 6.45) is 12.1. The number of ether oxygens (including phenoxy) is 1. The van der Waals surface area contributed by atoms with E-state index in [1.807, 2.05) is 28.3 Å². The second-order valence-corrected chi connectivity index (χ2v) is 18.0. The Morgan fingerprint density at radius 1 is 0.922 bits per heavy atom. The van der Waals surface area contributed by atoms with Gasteiger partial charge in [0.1, 0.15) is 11.6 Å². The van der Waals surface area contributed by atoms with Crippen LogP contribution in [0.15, 0.2) is 81.4 Å². The van der Waals surface area contributed by atoms with Crippen molar-refractivity contribution in [3.63, 3.8) is 0 Å². The number of nitrogens with one attached hydrogen (secondary N) is 1. The minimum Gasteiger partial charge on any atom is -0.381 e. The summed E-state index contributed by atoms with van der Waals surface area (Å²) in [6.45, 7) is 6.97. The Balaban J connectivity index is 0.992. The maximum Gasteiger partial charge on any atom is 0.438 e. The highest BCUT2D eigenvalue weighted by Gasteiger charge is 2.54. The molecule has 64 heavy (non-hydrogen) atoms. The number of carbonyl (C=O) groups is 1. The minimum absolute atomic E-state index is 0.0700. The highest BCUT2D eigenvalue weighted by atomic mass is 19.1. The van der Waals surface area contributed by atoms with E-state index >= 15 is 13.6 Å². The Morgan fingerprint density at radius 3 is 2.41 bits per heavy atom. The Labute approximate surface area is 363 Å². The SMILES string of the molecule is Cc1cc(-n2nc3c(c2-n2ccn(-c4ccc5c(cnn5C5CC5)c4F)c2=O)[C@H](C)N(C(=O)c2cc4cc(C5CCOCC5)ccn4c2C2(c4noc(=O)[nH]4)CC2)CC3)cc(C)c1F. The molecule has 0 radical (unpaired) electrons. The number of carbonyl (C=O) groups excluding carboxylic acids is 1. The highest BCUT2D eigenvalue weighted by Crippen LogP contribution is 2.54. The van der Waals surface area contributed by atoms with E-state index in [9.17, 15) is 9.59 Å². The van der Waals surface area contributed by atoms with Gasteiger partial charge in [0.25, 0.3) is 5.91 Å². The van der Waals surface area contributed by atoms with Crippen LogP contribution in [0.5, 0.6) is 0 Å². The average molecular weight is 867 g/mol.